The van der Waals surface area contributed by atoms with Gasteiger partial charge in [0, 0.05) is 44.8 Å². The van der Waals surface area contributed by atoms with Crippen LogP contribution in [0.1, 0.15) is 36.3 Å². The minimum atomic E-state index is -0.262. The highest BCUT2D eigenvalue weighted by Crippen LogP contribution is 2.30. The number of aryl methyl sites for hydroxylation is 1. The molecule has 6 heteroatoms. The number of benzene rings is 1. The fourth-order valence-corrected chi connectivity index (χ4v) is 4.35. The Morgan fingerprint density at radius 1 is 1.25 bits per heavy atom. The van der Waals surface area contributed by atoms with Crippen molar-refractivity contribution in [3.05, 3.63) is 59.5 Å². The van der Waals surface area contributed by atoms with Gasteiger partial charge in [0.05, 0.1) is 0 Å². The minimum Gasteiger partial charge on any atom is -0.356 e. The highest BCUT2D eigenvalue weighted by Gasteiger charge is 2.26. The summed E-state index contributed by atoms with van der Waals surface area (Å²) in [6.07, 6.45) is 6.20. The Morgan fingerprint density at radius 2 is 2.14 bits per heavy atom. The normalized spacial score (nSPS) is 22.1. The Hall–Kier alpha value is -2.63. The lowest BCUT2D eigenvalue weighted by Crippen LogP contribution is -2.46. The molecule has 0 bridgehead atoms. The van der Waals surface area contributed by atoms with Crippen molar-refractivity contribution < 1.29 is 4.39 Å². The number of anilines is 1. The van der Waals surface area contributed by atoms with Crippen molar-refractivity contribution in [1.82, 2.24) is 15.6 Å². The number of pyridine rings is 1. The number of aromatic nitrogens is 1. The van der Waals surface area contributed by atoms with Gasteiger partial charge in [-0.05, 0) is 48.9 Å². The lowest BCUT2D eigenvalue weighted by Gasteiger charge is -2.27. The molecule has 2 atom stereocenters. The summed E-state index contributed by atoms with van der Waals surface area (Å²) < 4.78 is 14.0. The molecule has 2 unspecified atom stereocenters. The van der Waals surface area contributed by atoms with Crippen LogP contribution in [0.4, 0.5) is 10.2 Å². The second-order valence-electron chi connectivity index (χ2n) is 7.63. The van der Waals surface area contributed by atoms with E-state index >= 15 is 0 Å². The van der Waals surface area contributed by atoms with Crippen molar-refractivity contribution in [3.63, 3.8) is 0 Å². The Balaban J connectivity index is 1.32. The third kappa shape index (κ3) is 4.11. The van der Waals surface area contributed by atoms with Gasteiger partial charge in [-0.25, -0.2) is 9.37 Å². The molecule has 0 saturated carbocycles. The molecule has 0 amide bonds. The van der Waals surface area contributed by atoms with Gasteiger partial charge in [-0.2, -0.15) is 0 Å². The van der Waals surface area contributed by atoms with E-state index in [1.165, 1.54) is 36.5 Å². The van der Waals surface area contributed by atoms with Crippen LogP contribution >= 0.6 is 0 Å². The fourth-order valence-electron chi connectivity index (χ4n) is 4.35. The van der Waals surface area contributed by atoms with Crippen LogP contribution in [0.2, 0.25) is 0 Å². The zero-order valence-electron chi connectivity index (χ0n) is 16.4. The van der Waals surface area contributed by atoms with E-state index in [1.54, 1.807) is 19.3 Å². The van der Waals surface area contributed by atoms with E-state index in [1.807, 2.05) is 4.90 Å². The van der Waals surface area contributed by atoms with Gasteiger partial charge in [0.15, 0.2) is 17.6 Å². The second-order valence-corrected chi connectivity index (χ2v) is 7.63. The van der Waals surface area contributed by atoms with Crippen molar-refractivity contribution in [2.24, 2.45) is 4.99 Å². The van der Waals surface area contributed by atoms with E-state index in [4.69, 9.17) is 0 Å². The number of fused-ring (bicyclic) bond motifs is 1. The number of halogens is 1. The van der Waals surface area contributed by atoms with Crippen molar-refractivity contribution >= 4 is 11.8 Å². The predicted molar refractivity (Wildman–Crippen MR) is 111 cm³/mol. The monoisotopic (exact) mass is 381 g/mol. The number of nitrogens with one attached hydrogen (secondary N) is 2. The first-order valence-corrected chi connectivity index (χ1v) is 10.1. The number of rotatable bonds is 4. The van der Waals surface area contributed by atoms with Gasteiger partial charge in [-0.15, -0.1) is 0 Å². The van der Waals surface area contributed by atoms with Gasteiger partial charge in [0.25, 0.3) is 0 Å². The molecule has 5 nitrogen and oxygen atoms in total. The summed E-state index contributed by atoms with van der Waals surface area (Å²) in [5.74, 6) is 1.51. The highest BCUT2D eigenvalue weighted by atomic mass is 19.1. The standard InChI is InChI=1S/C22H28FN5/c1-24-22(26-14-17-8-4-7-16-6-2-3-9-19(16)17)27-18-11-13-28(15-18)21-20(23)10-5-12-25-21/h2-3,5-6,9-10,12,17-18H,4,7-8,11,13-15H2,1H3,(H2,24,26,27). The molecule has 2 N–H and O–H groups in total. The molecule has 2 aromatic rings. The molecule has 148 valence electrons. The molecule has 1 aliphatic carbocycles. The topological polar surface area (TPSA) is 52.6 Å². The summed E-state index contributed by atoms with van der Waals surface area (Å²) in [6, 6.07) is 12.1. The van der Waals surface area contributed by atoms with E-state index in [2.05, 4.69) is 44.9 Å². The lowest BCUT2D eigenvalue weighted by atomic mass is 9.83. The van der Waals surface area contributed by atoms with E-state index in [-0.39, 0.29) is 11.9 Å². The molecule has 0 radical (unpaired) electrons. The Bertz CT molecular complexity index is 837. The molecule has 0 spiro atoms. The Kier molecular flexibility index (Phi) is 5.74. The number of aliphatic imine (C=N–C) groups is 1. The summed E-state index contributed by atoms with van der Waals surface area (Å²) in [7, 11) is 1.80. The molecule has 2 aliphatic rings. The van der Waals surface area contributed by atoms with Gasteiger partial charge in [-0.1, -0.05) is 24.3 Å². The molecule has 28 heavy (non-hydrogen) atoms. The highest BCUT2D eigenvalue weighted by molar-refractivity contribution is 5.80. The maximum atomic E-state index is 14.0. The van der Waals surface area contributed by atoms with Gasteiger partial charge in [0.2, 0.25) is 0 Å². The number of hydrogen-bond donors (Lipinski definition) is 2. The molecule has 1 aromatic carbocycles. The number of guanidine groups is 1. The number of hydrogen-bond acceptors (Lipinski definition) is 3. The smallest absolute Gasteiger partial charge is 0.191 e. The first kappa shape index (κ1) is 18.7. The lowest BCUT2D eigenvalue weighted by molar-refractivity contribution is 0.536. The zero-order valence-corrected chi connectivity index (χ0v) is 16.4. The van der Waals surface area contributed by atoms with Crippen LogP contribution in [-0.2, 0) is 6.42 Å². The fraction of sp³-hybridized carbons (Fsp3) is 0.455. The van der Waals surface area contributed by atoms with Crippen molar-refractivity contribution in [2.75, 3.05) is 31.6 Å². The van der Waals surface area contributed by atoms with Crippen LogP contribution in [0.15, 0.2) is 47.6 Å². The van der Waals surface area contributed by atoms with Crippen molar-refractivity contribution in [2.45, 2.75) is 37.6 Å². The van der Waals surface area contributed by atoms with Crippen LogP contribution in [0.3, 0.4) is 0 Å². The van der Waals surface area contributed by atoms with E-state index < -0.39 is 0 Å². The Labute approximate surface area is 166 Å². The van der Waals surface area contributed by atoms with Crippen LogP contribution < -0.4 is 15.5 Å². The van der Waals surface area contributed by atoms with E-state index in [0.717, 1.165) is 32.0 Å². The summed E-state index contributed by atoms with van der Waals surface area (Å²) in [5, 5.41) is 7.00. The first-order valence-electron chi connectivity index (χ1n) is 10.1. The molecule has 1 aliphatic heterocycles. The maximum absolute atomic E-state index is 14.0. The van der Waals surface area contributed by atoms with Crippen LogP contribution in [-0.4, -0.2) is 43.7 Å². The van der Waals surface area contributed by atoms with Crippen LogP contribution in [0, 0.1) is 5.82 Å². The van der Waals surface area contributed by atoms with Gasteiger partial charge in [0.1, 0.15) is 0 Å². The predicted octanol–water partition coefficient (Wildman–Crippen LogP) is 3.08. The summed E-state index contributed by atoms with van der Waals surface area (Å²) >= 11 is 0. The third-order valence-corrected chi connectivity index (χ3v) is 5.80. The molecular weight excluding hydrogens is 353 g/mol. The van der Waals surface area contributed by atoms with Crippen molar-refractivity contribution in [1.29, 1.82) is 0 Å². The summed E-state index contributed by atoms with van der Waals surface area (Å²) in [4.78, 5) is 10.6. The van der Waals surface area contributed by atoms with E-state index in [9.17, 15) is 4.39 Å². The second kappa shape index (κ2) is 8.59. The van der Waals surface area contributed by atoms with Gasteiger partial charge < -0.3 is 15.5 Å². The summed E-state index contributed by atoms with van der Waals surface area (Å²) in [5.41, 5.74) is 2.95. The summed E-state index contributed by atoms with van der Waals surface area (Å²) in [6.45, 7) is 2.39. The SMILES string of the molecule is CN=C(NCC1CCCc2ccccc21)NC1CCN(c2ncccc2F)C1. The zero-order chi connectivity index (χ0) is 19.3. The van der Waals surface area contributed by atoms with Gasteiger partial charge >= 0.3 is 0 Å². The van der Waals surface area contributed by atoms with E-state index in [0.29, 0.717) is 11.7 Å². The average molecular weight is 381 g/mol. The van der Waals surface area contributed by atoms with Crippen molar-refractivity contribution in [3.8, 4) is 0 Å². The number of nitrogens with zero attached hydrogens (tertiary/aromatic N) is 3. The maximum Gasteiger partial charge on any atom is 0.191 e. The molecule has 1 aromatic heterocycles. The molecular formula is C22H28FN5. The largest absolute Gasteiger partial charge is 0.356 e. The van der Waals surface area contributed by atoms with Gasteiger partial charge in [-0.3, -0.25) is 4.99 Å². The minimum absolute atomic E-state index is 0.228. The molecule has 2 heterocycles. The molecule has 1 saturated heterocycles. The molecule has 1 fully saturated rings. The quantitative estimate of drug-likeness (QED) is 0.631. The molecule has 4 rings (SSSR count). The van der Waals surface area contributed by atoms with Crippen LogP contribution in [0.25, 0.3) is 0 Å². The van der Waals surface area contributed by atoms with Crippen LogP contribution in [0.5, 0.6) is 0 Å². The first-order chi connectivity index (χ1) is 13.7. The third-order valence-electron chi connectivity index (χ3n) is 5.80. The average Bonchev–Trinajstić information content (AvgIpc) is 3.19. The Morgan fingerprint density at radius 3 is 3.00 bits per heavy atom.